The zero-order valence-electron chi connectivity index (χ0n) is 21.4. The summed E-state index contributed by atoms with van der Waals surface area (Å²) in [6, 6.07) is 11.2. The molecule has 2 N–H and O–H groups in total. The number of anilines is 1. The van der Waals surface area contributed by atoms with Crippen LogP contribution in [0.5, 0.6) is 5.75 Å². The Labute approximate surface area is 221 Å². The van der Waals surface area contributed by atoms with Gasteiger partial charge in [-0.05, 0) is 65.8 Å². The molecule has 3 amide bonds. The maximum atomic E-state index is 14.1. The van der Waals surface area contributed by atoms with Crippen LogP contribution in [0.1, 0.15) is 24.0 Å². The number of hydrogen-bond donors (Lipinski definition) is 2. The highest BCUT2D eigenvalue weighted by atomic mass is 19.1. The summed E-state index contributed by atoms with van der Waals surface area (Å²) in [5.74, 6) is 0.262. The summed E-state index contributed by atoms with van der Waals surface area (Å²) >= 11 is 0. The monoisotopic (exact) mass is 521 g/mol. The quantitative estimate of drug-likeness (QED) is 0.567. The first kappa shape index (κ1) is 25.8. The minimum atomic E-state index is -0.506. The second kappa shape index (κ2) is 10.5. The lowest BCUT2D eigenvalue weighted by atomic mass is 9.66. The van der Waals surface area contributed by atoms with E-state index in [-0.39, 0.29) is 24.9 Å². The smallest absolute Gasteiger partial charge is 0.410 e. The Morgan fingerprint density at radius 2 is 2.00 bits per heavy atom. The summed E-state index contributed by atoms with van der Waals surface area (Å²) in [7, 11) is 1.63. The van der Waals surface area contributed by atoms with Gasteiger partial charge in [0.25, 0.3) is 0 Å². The molecule has 8 nitrogen and oxygen atoms in total. The van der Waals surface area contributed by atoms with Crippen molar-refractivity contribution < 1.29 is 28.6 Å². The summed E-state index contributed by atoms with van der Waals surface area (Å²) in [6.07, 6.45) is 2.82. The van der Waals surface area contributed by atoms with Gasteiger partial charge < -0.3 is 24.8 Å². The average molecular weight is 522 g/mol. The standard InChI is InChI=1S/C29H32FN3O5/c1-3-14-38-28(36)33-18-29(10-12-32(13-11-29)27(35)31-24-7-5-4-6-23(24)30)26-21-9-8-20(37-2)15-19(21)16-22(26)25(33)17-34/h3-9,15,25,34H,1,10-14,16-18H2,2H3,(H,31,35)/t25-/m0/s1. The largest absolute Gasteiger partial charge is 0.497 e. The van der Waals surface area contributed by atoms with E-state index in [2.05, 4.69) is 18.0 Å². The minimum absolute atomic E-state index is 0.0772. The van der Waals surface area contributed by atoms with Crippen LogP contribution < -0.4 is 10.1 Å². The van der Waals surface area contributed by atoms with E-state index < -0.39 is 23.4 Å². The highest BCUT2D eigenvalue weighted by molar-refractivity contribution is 5.90. The molecular weight excluding hydrogens is 489 g/mol. The number of nitrogens with one attached hydrogen (secondary N) is 1. The number of carbonyl (C=O) groups is 2. The van der Waals surface area contributed by atoms with E-state index in [1.54, 1.807) is 29.0 Å². The third-order valence-electron chi connectivity index (χ3n) is 7.92. The molecule has 0 unspecified atom stereocenters. The van der Waals surface area contributed by atoms with Gasteiger partial charge in [-0.2, -0.15) is 0 Å². The molecule has 3 aliphatic rings. The van der Waals surface area contributed by atoms with Crippen molar-refractivity contribution in [3.8, 4) is 5.75 Å². The first-order valence-electron chi connectivity index (χ1n) is 12.8. The van der Waals surface area contributed by atoms with Crippen molar-refractivity contribution in [2.24, 2.45) is 5.41 Å². The molecule has 9 heteroatoms. The third kappa shape index (κ3) is 4.51. The number of likely N-dealkylation sites (tertiary alicyclic amines) is 1. The van der Waals surface area contributed by atoms with Crippen molar-refractivity contribution in [2.45, 2.75) is 25.3 Å². The molecule has 0 bridgehead atoms. The minimum Gasteiger partial charge on any atom is -0.497 e. The summed E-state index contributed by atoms with van der Waals surface area (Å²) in [6.45, 7) is 4.71. The topological polar surface area (TPSA) is 91.3 Å². The van der Waals surface area contributed by atoms with Gasteiger partial charge in [-0.1, -0.05) is 30.9 Å². The predicted molar refractivity (Wildman–Crippen MR) is 141 cm³/mol. The van der Waals surface area contributed by atoms with E-state index >= 15 is 0 Å². The number of para-hydroxylation sites is 1. The molecule has 1 saturated heterocycles. The maximum Gasteiger partial charge on any atom is 0.410 e. The van der Waals surface area contributed by atoms with Gasteiger partial charge >= 0.3 is 12.1 Å². The van der Waals surface area contributed by atoms with E-state index in [0.717, 1.165) is 28.0 Å². The van der Waals surface area contributed by atoms with Crippen LogP contribution in [0.3, 0.4) is 0 Å². The predicted octanol–water partition coefficient (Wildman–Crippen LogP) is 4.46. The van der Waals surface area contributed by atoms with Crippen LogP contribution in [0.15, 0.2) is 60.7 Å². The van der Waals surface area contributed by atoms with Crippen molar-refractivity contribution in [2.75, 3.05) is 45.3 Å². The van der Waals surface area contributed by atoms with Crippen LogP contribution in [-0.2, 0) is 11.2 Å². The van der Waals surface area contributed by atoms with Gasteiger partial charge in [0.05, 0.1) is 25.4 Å². The number of carbonyl (C=O) groups excluding carboxylic acids is 2. The Bertz CT molecular complexity index is 1280. The highest BCUT2D eigenvalue weighted by Gasteiger charge is 2.51. The van der Waals surface area contributed by atoms with E-state index in [0.29, 0.717) is 38.9 Å². The molecule has 1 spiro atoms. The molecule has 1 fully saturated rings. The molecule has 5 rings (SSSR count). The van der Waals surface area contributed by atoms with Crippen molar-refractivity contribution in [1.82, 2.24) is 9.80 Å². The number of hydrogen-bond acceptors (Lipinski definition) is 5. The molecule has 38 heavy (non-hydrogen) atoms. The average Bonchev–Trinajstić information content (AvgIpc) is 3.32. The molecule has 2 aliphatic heterocycles. The van der Waals surface area contributed by atoms with Gasteiger partial charge in [-0.25, -0.2) is 14.0 Å². The number of urea groups is 1. The molecule has 200 valence electrons. The highest BCUT2D eigenvalue weighted by Crippen LogP contribution is 2.55. The van der Waals surface area contributed by atoms with Crippen molar-refractivity contribution in [3.05, 3.63) is 77.6 Å². The Kier molecular flexibility index (Phi) is 7.12. The Hall–Kier alpha value is -3.85. The lowest BCUT2D eigenvalue weighted by molar-refractivity contribution is 0.0476. The van der Waals surface area contributed by atoms with Gasteiger partial charge in [0, 0.05) is 25.0 Å². The number of benzene rings is 2. The van der Waals surface area contributed by atoms with Crippen LogP contribution in [0.4, 0.5) is 19.7 Å². The number of amides is 3. The number of nitrogens with zero attached hydrogens (tertiary/aromatic N) is 2. The number of fused-ring (bicyclic) bond motifs is 3. The molecular formula is C29H32FN3O5. The number of aliphatic hydroxyl groups excluding tert-OH is 1. The number of piperidine rings is 1. The maximum absolute atomic E-state index is 14.1. The Morgan fingerprint density at radius 1 is 1.24 bits per heavy atom. The van der Waals surface area contributed by atoms with Gasteiger partial charge in [-0.3, -0.25) is 4.90 Å². The van der Waals surface area contributed by atoms with Crippen LogP contribution in [0.25, 0.3) is 5.57 Å². The summed E-state index contributed by atoms with van der Waals surface area (Å²) < 4.78 is 24.9. The normalized spacial score (nSPS) is 19.6. The fraction of sp³-hybridized carbons (Fsp3) is 0.379. The second-order valence-corrected chi connectivity index (χ2v) is 9.97. The molecule has 0 radical (unpaired) electrons. The molecule has 2 heterocycles. The first-order valence-corrected chi connectivity index (χ1v) is 12.8. The zero-order valence-corrected chi connectivity index (χ0v) is 21.4. The van der Waals surface area contributed by atoms with Crippen LogP contribution >= 0.6 is 0 Å². The molecule has 1 atom stereocenters. The van der Waals surface area contributed by atoms with Gasteiger partial charge in [0.2, 0.25) is 0 Å². The number of aliphatic hydroxyl groups is 1. The summed E-state index contributed by atoms with van der Waals surface area (Å²) in [4.78, 5) is 29.4. The molecule has 2 aromatic rings. The number of rotatable bonds is 5. The molecule has 1 aliphatic carbocycles. The first-order chi connectivity index (χ1) is 18.4. The lowest BCUT2D eigenvalue weighted by Gasteiger charge is -2.50. The second-order valence-electron chi connectivity index (χ2n) is 9.97. The molecule has 0 aromatic heterocycles. The summed E-state index contributed by atoms with van der Waals surface area (Å²) in [5, 5.41) is 13.1. The number of halogens is 1. The van der Waals surface area contributed by atoms with Crippen LogP contribution in [-0.4, -0.2) is 73.0 Å². The van der Waals surface area contributed by atoms with Crippen LogP contribution in [0, 0.1) is 11.2 Å². The van der Waals surface area contributed by atoms with Gasteiger partial charge in [-0.15, -0.1) is 0 Å². The number of methoxy groups -OCH3 is 1. The molecule has 2 aromatic carbocycles. The van der Waals surface area contributed by atoms with E-state index in [4.69, 9.17) is 9.47 Å². The Morgan fingerprint density at radius 3 is 2.68 bits per heavy atom. The van der Waals surface area contributed by atoms with E-state index in [1.165, 1.54) is 18.2 Å². The Balaban J connectivity index is 1.45. The van der Waals surface area contributed by atoms with Crippen molar-refractivity contribution in [3.63, 3.8) is 0 Å². The van der Waals surface area contributed by atoms with Crippen molar-refractivity contribution in [1.29, 1.82) is 0 Å². The van der Waals surface area contributed by atoms with Gasteiger partial charge in [0.15, 0.2) is 0 Å². The van der Waals surface area contributed by atoms with E-state index in [1.807, 2.05) is 12.1 Å². The zero-order chi connectivity index (χ0) is 26.9. The fourth-order valence-electron chi connectivity index (χ4n) is 6.08. The fourth-order valence-corrected chi connectivity index (χ4v) is 6.08. The van der Waals surface area contributed by atoms with Crippen molar-refractivity contribution >= 4 is 23.4 Å². The number of ether oxygens (including phenoxy) is 2. The SMILES string of the molecule is C=CCOC(=O)N1CC2(CCN(C(=O)Nc3ccccc3F)CC2)C2=C(Cc3cc(OC)ccc32)[C@@H]1CO. The third-order valence-corrected chi connectivity index (χ3v) is 7.92. The molecule has 0 saturated carbocycles. The van der Waals surface area contributed by atoms with E-state index in [9.17, 15) is 19.1 Å². The summed E-state index contributed by atoms with van der Waals surface area (Å²) in [5.41, 5.74) is 4.05. The lowest BCUT2D eigenvalue weighted by Crippen LogP contribution is -2.57. The van der Waals surface area contributed by atoms with Gasteiger partial charge in [0.1, 0.15) is 18.2 Å². The van der Waals surface area contributed by atoms with Crippen LogP contribution in [0.2, 0.25) is 0 Å².